The van der Waals surface area contributed by atoms with Crippen molar-refractivity contribution in [2.75, 3.05) is 59.7 Å². The summed E-state index contributed by atoms with van der Waals surface area (Å²) >= 11 is 0. The molecule has 4 rings (SSSR count). The van der Waals surface area contributed by atoms with Gasteiger partial charge in [0.15, 0.2) is 0 Å². The van der Waals surface area contributed by atoms with Gasteiger partial charge in [-0.05, 0) is 55.4 Å². The number of anilines is 2. The number of aryl methyl sites for hydroxylation is 1. The number of carbonyl (C=O) groups excluding carboxylic acids is 1. The number of nitrogens with zero attached hydrogens (tertiary/aromatic N) is 5. The maximum Gasteiger partial charge on any atom is 0.254 e. The number of piperazine rings is 1. The van der Waals surface area contributed by atoms with Crippen molar-refractivity contribution in [2.45, 2.75) is 6.92 Å². The zero-order valence-corrected chi connectivity index (χ0v) is 21.5. The molecule has 1 aromatic heterocycles. The Morgan fingerprint density at radius 2 is 1.83 bits per heavy atom. The second-order valence-corrected chi connectivity index (χ2v) is 9.31. The molecule has 1 saturated heterocycles. The largest absolute Gasteiger partial charge is 0.494 e. The molecular formula is C27H33N7O2. The summed E-state index contributed by atoms with van der Waals surface area (Å²) < 4.78 is 5.53. The Kier molecular flexibility index (Phi) is 7.49. The fraction of sp³-hybridized carbons (Fsp3) is 0.333. The third-order valence-corrected chi connectivity index (χ3v) is 6.13. The van der Waals surface area contributed by atoms with Gasteiger partial charge in [0.05, 0.1) is 7.11 Å². The van der Waals surface area contributed by atoms with Gasteiger partial charge < -0.3 is 30.2 Å². The molecule has 0 saturated carbocycles. The van der Waals surface area contributed by atoms with Crippen molar-refractivity contribution in [3.05, 3.63) is 59.4 Å². The molecule has 0 spiro atoms. The summed E-state index contributed by atoms with van der Waals surface area (Å²) in [7, 11) is 7.49. The summed E-state index contributed by atoms with van der Waals surface area (Å²) in [6, 6.07) is 9.52. The average molecular weight is 488 g/mol. The highest BCUT2D eigenvalue weighted by Crippen LogP contribution is 2.28. The first kappa shape index (κ1) is 25.1. The van der Waals surface area contributed by atoms with Gasteiger partial charge in [0.25, 0.3) is 5.91 Å². The molecule has 0 atom stereocenters. The summed E-state index contributed by atoms with van der Waals surface area (Å²) in [5.41, 5.74) is 4.44. The Balaban J connectivity index is 1.74. The normalized spacial score (nSPS) is 14.6. The van der Waals surface area contributed by atoms with Crippen LogP contribution in [0.4, 0.5) is 11.6 Å². The molecule has 0 bridgehead atoms. The van der Waals surface area contributed by atoms with Gasteiger partial charge in [0.1, 0.15) is 11.3 Å². The number of rotatable bonds is 7. The molecule has 0 radical (unpaired) electrons. The number of fused-ring (bicyclic) bond motifs is 1. The smallest absolute Gasteiger partial charge is 0.254 e. The summed E-state index contributed by atoms with van der Waals surface area (Å²) in [6.07, 6.45) is 4.91. The van der Waals surface area contributed by atoms with Crippen molar-refractivity contribution in [2.24, 2.45) is 0 Å². The van der Waals surface area contributed by atoms with E-state index in [4.69, 9.17) is 10.1 Å². The number of hydrogen-bond donors (Lipinski definition) is 2. The molecule has 3 aromatic rings. The summed E-state index contributed by atoms with van der Waals surface area (Å²) in [4.78, 5) is 28.6. The van der Waals surface area contributed by atoms with E-state index in [0.29, 0.717) is 47.1 Å². The maximum atomic E-state index is 13.4. The minimum absolute atomic E-state index is 0.0289. The molecule has 0 unspecified atom stereocenters. The minimum atomic E-state index is -0.0289. The van der Waals surface area contributed by atoms with E-state index in [9.17, 15) is 4.79 Å². The van der Waals surface area contributed by atoms with Crippen LogP contribution in [0.25, 0.3) is 16.5 Å². The van der Waals surface area contributed by atoms with Crippen molar-refractivity contribution in [3.8, 4) is 5.75 Å². The van der Waals surface area contributed by atoms with Crippen LogP contribution in [0.1, 0.15) is 21.5 Å². The van der Waals surface area contributed by atoms with Gasteiger partial charge >= 0.3 is 0 Å². The van der Waals surface area contributed by atoms with Crippen molar-refractivity contribution >= 4 is 40.2 Å². The molecule has 9 nitrogen and oxygen atoms in total. The highest BCUT2D eigenvalue weighted by molar-refractivity contribution is 6.09. The number of benzene rings is 2. The van der Waals surface area contributed by atoms with Crippen molar-refractivity contribution in [1.82, 2.24) is 24.7 Å². The van der Waals surface area contributed by atoms with Crippen LogP contribution in [0, 0.1) is 12.3 Å². The molecular weight excluding hydrogens is 454 g/mol. The lowest BCUT2D eigenvalue weighted by molar-refractivity contribution is 0.0664. The van der Waals surface area contributed by atoms with Crippen molar-refractivity contribution in [3.63, 3.8) is 0 Å². The third-order valence-electron chi connectivity index (χ3n) is 6.13. The van der Waals surface area contributed by atoms with E-state index in [2.05, 4.69) is 27.2 Å². The molecule has 1 aliphatic rings. The number of nitrogens with one attached hydrogen (secondary N) is 2. The first-order valence-electron chi connectivity index (χ1n) is 11.9. The van der Waals surface area contributed by atoms with Crippen LogP contribution < -0.4 is 10.1 Å². The highest BCUT2D eigenvalue weighted by Gasteiger charge is 2.22. The molecule has 188 valence electrons. The van der Waals surface area contributed by atoms with Crippen molar-refractivity contribution < 1.29 is 9.53 Å². The summed E-state index contributed by atoms with van der Waals surface area (Å²) in [6.45, 7) is 5.05. The Bertz CT molecular complexity index is 1310. The van der Waals surface area contributed by atoms with E-state index in [-0.39, 0.29) is 5.91 Å². The van der Waals surface area contributed by atoms with Crippen LogP contribution in [0.15, 0.2) is 42.7 Å². The lowest BCUT2D eigenvalue weighted by Gasteiger charge is -2.32. The monoisotopic (exact) mass is 487 g/mol. The topological polar surface area (TPSA) is 97.7 Å². The predicted octanol–water partition coefficient (Wildman–Crippen LogP) is 3.63. The van der Waals surface area contributed by atoms with E-state index in [1.165, 1.54) is 6.21 Å². The van der Waals surface area contributed by atoms with E-state index in [1.807, 2.05) is 67.4 Å². The lowest BCUT2D eigenvalue weighted by Crippen LogP contribution is -2.47. The predicted molar refractivity (Wildman–Crippen MR) is 144 cm³/mol. The zero-order chi connectivity index (χ0) is 25.8. The highest BCUT2D eigenvalue weighted by atomic mass is 16.5. The van der Waals surface area contributed by atoms with E-state index >= 15 is 0 Å². The number of carbonyl (C=O) groups is 1. The quantitative estimate of drug-likeness (QED) is 0.491. The second kappa shape index (κ2) is 10.7. The van der Waals surface area contributed by atoms with Crippen molar-refractivity contribution in [1.29, 1.82) is 5.41 Å². The molecule has 2 heterocycles. The number of aromatic nitrogens is 2. The van der Waals surface area contributed by atoms with Gasteiger partial charge in [-0.15, -0.1) is 0 Å². The van der Waals surface area contributed by atoms with Gasteiger partial charge in [-0.25, -0.2) is 9.97 Å². The van der Waals surface area contributed by atoms with Crippen LogP contribution >= 0.6 is 0 Å². The molecule has 9 heteroatoms. The van der Waals surface area contributed by atoms with Gasteiger partial charge in [-0.1, -0.05) is 0 Å². The molecule has 1 amide bonds. The SMILES string of the molecule is COc1cc(C)cc2cnc(Nc3cc(C(=O)N4CCN(C)CC4)cc(/C(C=N)=C/N(C)C)c3)nc12. The van der Waals surface area contributed by atoms with Crippen LogP contribution in [0.2, 0.25) is 0 Å². The molecule has 2 N–H and O–H groups in total. The molecule has 1 aliphatic heterocycles. The zero-order valence-electron chi connectivity index (χ0n) is 21.5. The Morgan fingerprint density at radius 3 is 2.50 bits per heavy atom. The molecule has 0 aliphatic carbocycles. The lowest BCUT2D eigenvalue weighted by atomic mass is 10.0. The molecule has 2 aromatic carbocycles. The summed E-state index contributed by atoms with van der Waals surface area (Å²) in [5.74, 6) is 1.04. The number of ether oxygens (including phenoxy) is 1. The Labute approximate surface area is 211 Å². The summed E-state index contributed by atoms with van der Waals surface area (Å²) in [5, 5.41) is 12.1. The standard InChI is InChI=1S/C27H33N7O2/c1-18-10-21-16-29-27(31-25(21)24(11-18)36-5)30-23-13-19(22(15-28)17-32(2)3)12-20(14-23)26(35)34-8-6-33(4)7-9-34/h10-17,28H,6-9H2,1-5H3,(H,29,30,31)/b22-17+,28-15?. The third kappa shape index (κ3) is 5.63. The molecule has 1 fully saturated rings. The minimum Gasteiger partial charge on any atom is -0.494 e. The van der Waals surface area contributed by atoms with Crippen LogP contribution in [0.3, 0.4) is 0 Å². The Hall–Kier alpha value is -3.98. The van der Waals surface area contributed by atoms with Gasteiger partial charge in [0.2, 0.25) is 5.95 Å². The van der Waals surface area contributed by atoms with Crippen LogP contribution in [-0.4, -0.2) is 91.2 Å². The van der Waals surface area contributed by atoms with Crippen LogP contribution in [-0.2, 0) is 0 Å². The first-order chi connectivity index (χ1) is 17.3. The number of allylic oxidation sites excluding steroid dienone is 1. The first-order valence-corrected chi connectivity index (χ1v) is 11.9. The number of methoxy groups -OCH3 is 1. The van der Waals surface area contributed by atoms with Gasteiger partial charge in [0, 0.05) is 81.1 Å². The number of amides is 1. The van der Waals surface area contributed by atoms with E-state index < -0.39 is 0 Å². The Morgan fingerprint density at radius 1 is 1.11 bits per heavy atom. The number of hydrogen-bond acceptors (Lipinski definition) is 8. The van der Waals surface area contributed by atoms with E-state index in [0.717, 1.165) is 29.6 Å². The second-order valence-electron chi connectivity index (χ2n) is 9.31. The van der Waals surface area contributed by atoms with Crippen LogP contribution in [0.5, 0.6) is 5.75 Å². The fourth-order valence-electron chi connectivity index (χ4n) is 4.26. The van der Waals surface area contributed by atoms with E-state index in [1.54, 1.807) is 13.3 Å². The fourth-order valence-corrected chi connectivity index (χ4v) is 4.26. The van der Waals surface area contributed by atoms with Gasteiger partial charge in [-0.2, -0.15) is 0 Å². The maximum absolute atomic E-state index is 13.4. The average Bonchev–Trinajstić information content (AvgIpc) is 2.86. The molecule has 36 heavy (non-hydrogen) atoms. The van der Waals surface area contributed by atoms with Gasteiger partial charge in [-0.3, -0.25) is 4.79 Å². The number of likely N-dealkylation sites (N-methyl/N-ethyl adjacent to an activating group) is 1.